The molecule has 0 aliphatic carbocycles. The predicted octanol–water partition coefficient (Wildman–Crippen LogP) is 2.87. The number of methoxy groups -OCH3 is 1. The van der Waals surface area contributed by atoms with Crippen LogP contribution in [-0.2, 0) is 6.42 Å². The van der Waals surface area contributed by atoms with Crippen molar-refractivity contribution in [1.29, 1.82) is 0 Å². The molecular weight excluding hydrogens is 232 g/mol. The van der Waals surface area contributed by atoms with E-state index in [2.05, 4.69) is 28.7 Å². The van der Waals surface area contributed by atoms with Gasteiger partial charge in [0.15, 0.2) is 0 Å². The monoisotopic (exact) mass is 248 g/mol. The summed E-state index contributed by atoms with van der Waals surface area (Å²) < 4.78 is 5.24. The minimum Gasteiger partial charge on any atom is -0.496 e. The summed E-state index contributed by atoms with van der Waals surface area (Å²) in [5, 5.41) is 0. The number of aromatic amines is 1. The lowest BCUT2D eigenvalue weighted by Gasteiger charge is -2.05. The molecule has 0 spiro atoms. The Hall–Kier alpha value is -1.42. The van der Waals surface area contributed by atoms with E-state index in [0.29, 0.717) is 0 Å². The molecule has 2 aromatic rings. The number of nitrogens with one attached hydrogen (secondary N) is 1. The van der Waals surface area contributed by atoms with Gasteiger partial charge in [0.25, 0.3) is 0 Å². The van der Waals surface area contributed by atoms with Gasteiger partial charge in [0.2, 0.25) is 0 Å². The van der Waals surface area contributed by atoms with Gasteiger partial charge in [-0.1, -0.05) is 0 Å². The average molecular weight is 248 g/mol. The minimum absolute atomic E-state index is 0.800. The minimum atomic E-state index is 0.800. The van der Waals surface area contributed by atoms with Crippen molar-refractivity contribution in [2.45, 2.75) is 13.3 Å². The highest BCUT2D eigenvalue weighted by Crippen LogP contribution is 2.24. The molecule has 0 unspecified atom stereocenters. The van der Waals surface area contributed by atoms with Crippen LogP contribution >= 0.6 is 12.6 Å². The molecule has 4 heteroatoms. The Kier molecular flexibility index (Phi) is 3.74. The number of rotatable bonds is 4. The Morgan fingerprint density at radius 2 is 2.24 bits per heavy atom. The fraction of sp³-hybridized carbons (Fsp3) is 0.308. The molecule has 3 nitrogen and oxygen atoms in total. The molecule has 1 heterocycles. The molecule has 0 saturated carbocycles. The quantitative estimate of drug-likeness (QED) is 0.816. The van der Waals surface area contributed by atoms with Gasteiger partial charge in [-0.2, -0.15) is 12.6 Å². The Labute approximate surface area is 107 Å². The molecule has 0 aliphatic rings. The fourth-order valence-corrected chi connectivity index (χ4v) is 2.00. The normalized spacial score (nSPS) is 10.5. The summed E-state index contributed by atoms with van der Waals surface area (Å²) in [5.41, 5.74) is 3.28. The third-order valence-corrected chi connectivity index (χ3v) is 2.91. The number of hydrogen-bond acceptors (Lipinski definition) is 3. The van der Waals surface area contributed by atoms with Crippen LogP contribution in [0.3, 0.4) is 0 Å². The first-order chi connectivity index (χ1) is 8.24. The molecule has 1 N–H and O–H groups in total. The van der Waals surface area contributed by atoms with E-state index < -0.39 is 0 Å². The van der Waals surface area contributed by atoms with E-state index in [9.17, 15) is 0 Å². The highest BCUT2D eigenvalue weighted by atomic mass is 32.1. The first-order valence-corrected chi connectivity index (χ1v) is 6.17. The Morgan fingerprint density at radius 3 is 2.88 bits per heavy atom. The second-order valence-corrected chi connectivity index (χ2v) is 4.35. The molecule has 17 heavy (non-hydrogen) atoms. The van der Waals surface area contributed by atoms with Crippen LogP contribution in [0.25, 0.3) is 11.3 Å². The van der Waals surface area contributed by atoms with E-state index in [4.69, 9.17) is 4.74 Å². The van der Waals surface area contributed by atoms with E-state index in [0.717, 1.165) is 40.6 Å². The number of benzene rings is 1. The maximum absolute atomic E-state index is 5.24. The van der Waals surface area contributed by atoms with E-state index >= 15 is 0 Å². The van der Waals surface area contributed by atoms with Crippen molar-refractivity contribution >= 4 is 12.6 Å². The van der Waals surface area contributed by atoms with Gasteiger partial charge in [0.1, 0.15) is 11.6 Å². The first kappa shape index (κ1) is 12.0. The Balaban J connectivity index is 2.29. The Bertz CT molecular complexity index is 508. The van der Waals surface area contributed by atoms with Crippen LogP contribution in [0.15, 0.2) is 24.4 Å². The predicted molar refractivity (Wildman–Crippen MR) is 72.9 cm³/mol. The van der Waals surface area contributed by atoms with Crippen LogP contribution in [0.4, 0.5) is 0 Å². The number of imidazole rings is 1. The third kappa shape index (κ3) is 2.64. The number of hydrogen-bond donors (Lipinski definition) is 2. The second kappa shape index (κ2) is 5.27. The van der Waals surface area contributed by atoms with Gasteiger partial charge in [-0.05, 0) is 36.4 Å². The highest BCUT2D eigenvalue weighted by molar-refractivity contribution is 7.80. The van der Waals surface area contributed by atoms with Crippen molar-refractivity contribution < 1.29 is 4.74 Å². The second-order valence-electron chi connectivity index (χ2n) is 3.90. The van der Waals surface area contributed by atoms with Gasteiger partial charge in [0, 0.05) is 12.0 Å². The lowest BCUT2D eigenvalue weighted by Crippen LogP contribution is -1.89. The number of H-pyrrole nitrogens is 1. The topological polar surface area (TPSA) is 37.9 Å². The van der Waals surface area contributed by atoms with Crippen LogP contribution in [0.2, 0.25) is 0 Å². The molecule has 0 fully saturated rings. The van der Waals surface area contributed by atoms with Gasteiger partial charge >= 0.3 is 0 Å². The number of ether oxygens (including phenoxy) is 1. The summed E-state index contributed by atoms with van der Waals surface area (Å²) in [7, 11) is 1.68. The summed E-state index contributed by atoms with van der Waals surface area (Å²) in [6.45, 7) is 2.04. The fourth-order valence-electron chi connectivity index (χ4n) is 1.79. The number of aromatic nitrogens is 2. The van der Waals surface area contributed by atoms with Crippen molar-refractivity contribution in [1.82, 2.24) is 9.97 Å². The lowest BCUT2D eigenvalue weighted by atomic mass is 10.1. The molecule has 1 aromatic heterocycles. The Morgan fingerprint density at radius 1 is 1.41 bits per heavy atom. The average Bonchev–Trinajstić information content (AvgIpc) is 2.78. The molecular formula is C13H16N2OS. The van der Waals surface area contributed by atoms with Gasteiger partial charge < -0.3 is 9.72 Å². The zero-order valence-corrected chi connectivity index (χ0v) is 10.9. The van der Waals surface area contributed by atoms with Crippen LogP contribution in [0.1, 0.15) is 11.4 Å². The van der Waals surface area contributed by atoms with Gasteiger partial charge in [-0.25, -0.2) is 4.98 Å². The van der Waals surface area contributed by atoms with E-state index in [1.54, 1.807) is 7.11 Å². The summed E-state index contributed by atoms with van der Waals surface area (Å²) in [6, 6.07) is 6.10. The molecule has 0 atom stereocenters. The molecule has 0 saturated heterocycles. The van der Waals surface area contributed by atoms with Crippen LogP contribution in [0, 0.1) is 6.92 Å². The summed E-state index contributed by atoms with van der Waals surface area (Å²) in [5.74, 6) is 2.68. The third-order valence-electron chi connectivity index (χ3n) is 2.68. The molecule has 90 valence electrons. The summed E-state index contributed by atoms with van der Waals surface area (Å²) in [6.07, 6.45) is 2.72. The summed E-state index contributed by atoms with van der Waals surface area (Å²) >= 11 is 4.19. The lowest BCUT2D eigenvalue weighted by molar-refractivity contribution is 0.412. The maximum atomic E-state index is 5.24. The molecule has 0 bridgehead atoms. The zero-order valence-electron chi connectivity index (χ0n) is 10.0. The smallest absolute Gasteiger partial charge is 0.121 e. The van der Waals surface area contributed by atoms with Crippen molar-refractivity contribution in [2.75, 3.05) is 12.9 Å². The molecule has 2 rings (SSSR count). The van der Waals surface area contributed by atoms with Crippen molar-refractivity contribution in [3.63, 3.8) is 0 Å². The maximum Gasteiger partial charge on any atom is 0.121 e. The number of nitrogens with zero attached hydrogens (tertiary/aromatic N) is 1. The van der Waals surface area contributed by atoms with E-state index in [-0.39, 0.29) is 0 Å². The standard InChI is InChI=1S/C13H16N2OS/c1-9-7-10(3-4-12(9)16-2)11-8-14-13(15-11)5-6-17/h3-4,7-8,17H,5-6H2,1-2H3,(H,14,15). The molecule has 0 aliphatic heterocycles. The molecule has 1 aromatic carbocycles. The van der Waals surface area contributed by atoms with Crippen molar-refractivity contribution in [3.8, 4) is 17.0 Å². The van der Waals surface area contributed by atoms with Crippen molar-refractivity contribution in [3.05, 3.63) is 35.8 Å². The zero-order chi connectivity index (χ0) is 12.3. The van der Waals surface area contributed by atoms with Gasteiger partial charge in [0.05, 0.1) is 19.0 Å². The van der Waals surface area contributed by atoms with Crippen molar-refractivity contribution in [2.24, 2.45) is 0 Å². The first-order valence-electron chi connectivity index (χ1n) is 5.54. The van der Waals surface area contributed by atoms with Gasteiger partial charge in [-0.3, -0.25) is 0 Å². The molecule has 0 radical (unpaired) electrons. The summed E-state index contributed by atoms with van der Waals surface area (Å²) in [4.78, 5) is 7.61. The van der Waals surface area contributed by atoms with Crippen LogP contribution < -0.4 is 4.74 Å². The van der Waals surface area contributed by atoms with Crippen LogP contribution in [-0.4, -0.2) is 22.8 Å². The number of thiol groups is 1. The largest absolute Gasteiger partial charge is 0.496 e. The van der Waals surface area contributed by atoms with Crippen LogP contribution in [0.5, 0.6) is 5.75 Å². The highest BCUT2D eigenvalue weighted by Gasteiger charge is 2.05. The van der Waals surface area contributed by atoms with E-state index in [1.807, 2.05) is 25.3 Å². The van der Waals surface area contributed by atoms with E-state index in [1.165, 1.54) is 0 Å². The number of aryl methyl sites for hydroxylation is 2. The molecule has 0 amide bonds. The van der Waals surface area contributed by atoms with Gasteiger partial charge in [-0.15, -0.1) is 0 Å². The SMILES string of the molecule is COc1ccc(-c2cnc(CCS)[nH]2)cc1C.